The summed E-state index contributed by atoms with van der Waals surface area (Å²) in [5.74, 6) is 0. The molecule has 11 aromatic carbocycles. The van der Waals surface area contributed by atoms with Crippen molar-refractivity contribution in [2.45, 2.75) is 26.7 Å². The molecular formula is C60H41BN2O. The van der Waals surface area contributed by atoms with Crippen LogP contribution in [0.15, 0.2) is 192 Å². The number of furan rings is 1. The van der Waals surface area contributed by atoms with E-state index in [1.807, 2.05) is 0 Å². The smallest absolute Gasteiger partial charge is 0.297 e. The largest absolute Gasteiger partial charge is 0.468 e. The minimum atomic E-state index is -0.108. The van der Waals surface area contributed by atoms with Gasteiger partial charge < -0.3 is 14.2 Å². The number of anilines is 6. The number of benzene rings is 11. The summed E-state index contributed by atoms with van der Waals surface area (Å²) in [7, 11) is 0. The number of nitrogens with zero attached hydrogens (tertiary/aromatic N) is 2. The minimum Gasteiger partial charge on any atom is -0.468 e. The second-order valence-electron chi connectivity index (χ2n) is 17.7. The molecule has 0 unspecified atom stereocenters. The predicted molar refractivity (Wildman–Crippen MR) is 274 cm³/mol. The van der Waals surface area contributed by atoms with E-state index in [2.05, 4.69) is 212 Å². The van der Waals surface area contributed by atoms with Gasteiger partial charge in [-0.15, -0.1) is 0 Å². The van der Waals surface area contributed by atoms with Gasteiger partial charge in [-0.05, 0) is 154 Å². The van der Waals surface area contributed by atoms with Crippen LogP contribution in [0.2, 0.25) is 0 Å². The Labute approximate surface area is 371 Å². The summed E-state index contributed by atoms with van der Waals surface area (Å²) in [6, 6.07) is 70.5. The highest BCUT2D eigenvalue weighted by molar-refractivity contribution is 7.00. The lowest BCUT2D eigenvalue weighted by Crippen LogP contribution is -2.61. The summed E-state index contributed by atoms with van der Waals surface area (Å²) < 4.78 is 7.26. The summed E-state index contributed by atoms with van der Waals surface area (Å²) in [5, 5.41) is 16.4. The summed E-state index contributed by atoms with van der Waals surface area (Å²) in [4.78, 5) is 5.04. The van der Waals surface area contributed by atoms with Gasteiger partial charge in [0.2, 0.25) is 0 Å². The first-order valence-corrected chi connectivity index (χ1v) is 22.7. The van der Waals surface area contributed by atoms with Crippen molar-refractivity contribution >= 4 is 133 Å². The van der Waals surface area contributed by atoms with Gasteiger partial charge in [0.25, 0.3) is 6.71 Å². The molecule has 0 spiro atoms. The van der Waals surface area contributed by atoms with Crippen molar-refractivity contribution in [2.75, 3.05) is 9.80 Å². The van der Waals surface area contributed by atoms with Crippen molar-refractivity contribution < 1.29 is 4.42 Å². The molecule has 0 N–H and O–H groups in total. The zero-order valence-electron chi connectivity index (χ0n) is 35.7. The number of hydrogen-bond acceptors (Lipinski definition) is 3. The fraction of sp³-hybridized carbons (Fsp3) is 0.0667. The molecule has 2 aliphatic rings. The maximum atomic E-state index is 7.26. The van der Waals surface area contributed by atoms with Crippen LogP contribution in [0.3, 0.4) is 0 Å². The van der Waals surface area contributed by atoms with E-state index < -0.39 is 0 Å². The minimum absolute atomic E-state index is 0.108. The van der Waals surface area contributed by atoms with Crippen LogP contribution in [0.25, 0.3) is 75.6 Å². The Morgan fingerprint density at radius 1 is 0.375 bits per heavy atom. The predicted octanol–water partition coefficient (Wildman–Crippen LogP) is 14.6. The Balaban J connectivity index is 1.07. The maximum Gasteiger partial charge on any atom is 0.297 e. The molecule has 64 heavy (non-hydrogen) atoms. The third-order valence-corrected chi connectivity index (χ3v) is 14.5. The van der Waals surface area contributed by atoms with Crippen molar-refractivity contribution in [3.8, 4) is 0 Å². The van der Waals surface area contributed by atoms with Gasteiger partial charge >= 0.3 is 0 Å². The highest BCUT2D eigenvalue weighted by Gasteiger charge is 2.46. The fourth-order valence-corrected chi connectivity index (χ4v) is 11.6. The lowest BCUT2D eigenvalue weighted by Gasteiger charge is -2.42. The zero-order chi connectivity index (χ0) is 42.2. The molecule has 0 saturated carbocycles. The normalized spacial score (nSPS) is 13.2. The highest BCUT2D eigenvalue weighted by Crippen LogP contribution is 2.49. The zero-order valence-corrected chi connectivity index (χ0v) is 35.7. The summed E-state index contributed by atoms with van der Waals surface area (Å²) in [5.41, 5.74) is 14.0. The molecule has 0 bridgehead atoms. The van der Waals surface area contributed by atoms with Crippen LogP contribution >= 0.6 is 0 Å². The average molecular weight is 817 g/mol. The second-order valence-corrected chi connectivity index (χ2v) is 17.7. The third kappa shape index (κ3) is 4.83. The van der Waals surface area contributed by atoms with Crippen LogP contribution in [0.5, 0.6) is 0 Å². The van der Waals surface area contributed by atoms with E-state index >= 15 is 0 Å². The first-order valence-electron chi connectivity index (χ1n) is 22.7. The van der Waals surface area contributed by atoms with Crippen LogP contribution in [0.4, 0.5) is 34.1 Å². The summed E-state index contributed by atoms with van der Waals surface area (Å²) >= 11 is 0. The molecule has 0 radical (unpaired) electrons. The monoisotopic (exact) mass is 816 g/mol. The van der Waals surface area contributed by atoms with Crippen molar-refractivity contribution in [2.24, 2.45) is 0 Å². The van der Waals surface area contributed by atoms with Crippen molar-refractivity contribution in [3.63, 3.8) is 0 Å². The Kier molecular flexibility index (Phi) is 7.45. The number of rotatable bonds is 4. The molecule has 14 rings (SSSR count). The molecule has 1 aromatic heterocycles. The lowest BCUT2D eigenvalue weighted by molar-refractivity contribution is 0.651. The first-order chi connectivity index (χ1) is 31.7. The van der Waals surface area contributed by atoms with Gasteiger partial charge in [0, 0.05) is 33.8 Å². The second kappa shape index (κ2) is 13.3. The molecule has 0 aliphatic carbocycles. The first kappa shape index (κ1) is 35.7. The third-order valence-electron chi connectivity index (χ3n) is 14.5. The quantitative estimate of drug-likeness (QED) is 0.130. The van der Waals surface area contributed by atoms with E-state index in [-0.39, 0.29) is 6.71 Å². The van der Waals surface area contributed by atoms with E-state index in [1.54, 1.807) is 0 Å². The van der Waals surface area contributed by atoms with E-state index in [0.717, 1.165) is 46.5 Å². The molecule has 2 aliphatic heterocycles. The standard InChI is InChI=1S/C60H41BN2O/c1-3-36-25-31-57-52(32-36)59-60(64-57)61-53-33-37(4-2)24-30-54(53)62(38-26-28-48-44-18-7-5-14-40(44)42-16-9-11-20-46(42)50(48)34-38)55-22-13-23-56(58(55)61)63(59)39-27-29-49-45-19-8-6-15-41(45)43-17-10-12-21-47(43)51(49)35-39/h5-35H,3-4H2,1-2H3. The van der Waals surface area contributed by atoms with Gasteiger partial charge in [-0.2, -0.15) is 0 Å². The van der Waals surface area contributed by atoms with Gasteiger partial charge in [0.15, 0.2) is 0 Å². The lowest BCUT2D eigenvalue weighted by atomic mass is 9.35. The van der Waals surface area contributed by atoms with Crippen molar-refractivity contribution in [1.82, 2.24) is 0 Å². The molecule has 4 heteroatoms. The number of fused-ring (bicyclic) bond motifs is 18. The average Bonchev–Trinajstić information content (AvgIpc) is 3.74. The van der Waals surface area contributed by atoms with E-state index in [9.17, 15) is 0 Å². The summed E-state index contributed by atoms with van der Waals surface area (Å²) in [6.45, 7) is 4.39. The van der Waals surface area contributed by atoms with E-state index in [0.29, 0.717) is 0 Å². The van der Waals surface area contributed by atoms with Gasteiger partial charge in [-0.25, -0.2) is 0 Å². The number of aryl methyl sites for hydroxylation is 2. The highest BCUT2D eigenvalue weighted by atomic mass is 16.3. The van der Waals surface area contributed by atoms with Gasteiger partial charge in [-0.1, -0.05) is 147 Å². The molecule has 3 heterocycles. The topological polar surface area (TPSA) is 19.6 Å². The molecule has 300 valence electrons. The molecule has 0 fully saturated rings. The molecular weight excluding hydrogens is 775 g/mol. The van der Waals surface area contributed by atoms with Gasteiger partial charge in [0.1, 0.15) is 5.58 Å². The van der Waals surface area contributed by atoms with Crippen LogP contribution < -0.4 is 26.4 Å². The maximum absolute atomic E-state index is 7.26. The van der Waals surface area contributed by atoms with Crippen LogP contribution in [-0.2, 0) is 12.8 Å². The molecule has 0 atom stereocenters. The van der Waals surface area contributed by atoms with Crippen LogP contribution in [0.1, 0.15) is 25.0 Å². The molecule has 12 aromatic rings. The fourth-order valence-electron chi connectivity index (χ4n) is 11.6. The SMILES string of the molecule is CCc1ccc2c(c1)B1c3oc4ccc(CC)cc4c3N(c3ccc4c5ccccc5c5ccccc5c4c3)c3cccc(c31)N2c1ccc2c3ccccc3c3ccccc3c2c1. The number of hydrogen-bond donors (Lipinski definition) is 0. The Hall–Kier alpha value is -7.82. The van der Waals surface area contributed by atoms with Gasteiger partial charge in [0.05, 0.1) is 11.3 Å². The summed E-state index contributed by atoms with van der Waals surface area (Å²) in [6.07, 6.45) is 1.89. The Bertz CT molecular complexity index is 3910. The Morgan fingerprint density at radius 2 is 0.828 bits per heavy atom. The van der Waals surface area contributed by atoms with E-state index in [1.165, 1.54) is 104 Å². The molecule has 0 amide bonds. The molecule has 0 saturated heterocycles. The van der Waals surface area contributed by atoms with Crippen LogP contribution in [0, 0.1) is 0 Å². The van der Waals surface area contributed by atoms with Crippen molar-refractivity contribution in [3.05, 3.63) is 199 Å². The van der Waals surface area contributed by atoms with E-state index in [4.69, 9.17) is 4.42 Å². The van der Waals surface area contributed by atoms with Gasteiger partial charge in [-0.3, -0.25) is 0 Å². The Morgan fingerprint density at radius 3 is 1.36 bits per heavy atom. The van der Waals surface area contributed by atoms with Crippen LogP contribution in [-0.4, -0.2) is 6.71 Å². The molecule has 3 nitrogen and oxygen atoms in total. The van der Waals surface area contributed by atoms with Crippen molar-refractivity contribution in [1.29, 1.82) is 0 Å².